The molecular weight excluding hydrogens is 354 g/mol. The van der Waals surface area contributed by atoms with E-state index in [-0.39, 0.29) is 34.7 Å². The third-order valence-corrected chi connectivity index (χ3v) is 5.61. The summed E-state index contributed by atoms with van der Waals surface area (Å²) in [6, 6.07) is 13.4. The van der Waals surface area contributed by atoms with Gasteiger partial charge in [-0.3, -0.25) is 14.2 Å². The molecule has 0 saturated carbocycles. The molecule has 0 spiro atoms. The van der Waals surface area contributed by atoms with Crippen LogP contribution in [0.2, 0.25) is 0 Å². The SMILES string of the molecule is CCC(C)C1NC(=O)C(Cc2ccccc2)n2c1nc1c(O)cccc1c2=O. The van der Waals surface area contributed by atoms with E-state index in [1.54, 1.807) is 12.1 Å². The highest BCUT2D eigenvalue weighted by Crippen LogP contribution is 2.32. The fourth-order valence-electron chi connectivity index (χ4n) is 3.83. The van der Waals surface area contributed by atoms with Crippen molar-refractivity contribution in [2.75, 3.05) is 0 Å². The number of aromatic hydroxyl groups is 1. The molecule has 0 aliphatic carbocycles. The molecule has 0 bridgehead atoms. The summed E-state index contributed by atoms with van der Waals surface area (Å²) in [6.45, 7) is 4.06. The van der Waals surface area contributed by atoms with Crippen molar-refractivity contribution in [1.82, 2.24) is 14.9 Å². The summed E-state index contributed by atoms with van der Waals surface area (Å²) in [5.41, 5.74) is 0.958. The van der Waals surface area contributed by atoms with Gasteiger partial charge in [-0.05, 0) is 23.6 Å². The summed E-state index contributed by atoms with van der Waals surface area (Å²) in [5.74, 6) is 0.402. The minimum absolute atomic E-state index is 0.0302. The lowest BCUT2D eigenvalue weighted by molar-refractivity contribution is -0.127. The number of para-hydroxylation sites is 1. The number of carbonyl (C=O) groups is 1. The third-order valence-electron chi connectivity index (χ3n) is 5.61. The molecule has 2 aromatic carbocycles. The van der Waals surface area contributed by atoms with Crippen molar-refractivity contribution in [2.45, 2.75) is 38.8 Å². The van der Waals surface area contributed by atoms with Gasteiger partial charge in [0.15, 0.2) is 0 Å². The van der Waals surface area contributed by atoms with E-state index in [2.05, 4.69) is 10.3 Å². The Morgan fingerprint density at radius 1 is 1.14 bits per heavy atom. The standard InChI is InChI=1S/C22H23N3O3/c1-3-13(2)18-20-23-19-15(10-7-11-17(19)26)22(28)25(20)16(21(27)24-18)12-14-8-5-4-6-9-14/h4-11,13,16,18,26H,3,12H2,1-2H3,(H,24,27). The predicted molar refractivity (Wildman–Crippen MR) is 107 cm³/mol. The molecule has 0 radical (unpaired) electrons. The molecule has 1 amide bonds. The van der Waals surface area contributed by atoms with Crippen LogP contribution in [0, 0.1) is 5.92 Å². The first-order valence-electron chi connectivity index (χ1n) is 9.59. The number of rotatable bonds is 4. The van der Waals surface area contributed by atoms with Crippen molar-refractivity contribution in [1.29, 1.82) is 0 Å². The second-order valence-corrected chi connectivity index (χ2v) is 7.40. The first-order valence-corrected chi connectivity index (χ1v) is 9.59. The van der Waals surface area contributed by atoms with Gasteiger partial charge in [0, 0.05) is 6.42 Å². The fourth-order valence-corrected chi connectivity index (χ4v) is 3.83. The van der Waals surface area contributed by atoms with Crippen molar-refractivity contribution in [3.8, 4) is 5.75 Å². The van der Waals surface area contributed by atoms with E-state index < -0.39 is 6.04 Å². The monoisotopic (exact) mass is 377 g/mol. The highest BCUT2D eigenvalue weighted by molar-refractivity contribution is 5.86. The summed E-state index contributed by atoms with van der Waals surface area (Å²) in [7, 11) is 0. The number of hydrogen-bond acceptors (Lipinski definition) is 4. The summed E-state index contributed by atoms with van der Waals surface area (Å²) >= 11 is 0. The van der Waals surface area contributed by atoms with Crippen molar-refractivity contribution < 1.29 is 9.90 Å². The Morgan fingerprint density at radius 2 is 1.89 bits per heavy atom. The molecule has 6 heteroatoms. The molecule has 2 N–H and O–H groups in total. The molecule has 3 unspecified atom stereocenters. The van der Waals surface area contributed by atoms with Crippen LogP contribution in [0.15, 0.2) is 53.3 Å². The first kappa shape index (κ1) is 18.2. The first-order chi connectivity index (χ1) is 13.5. The van der Waals surface area contributed by atoms with Crippen molar-refractivity contribution in [2.24, 2.45) is 5.92 Å². The minimum atomic E-state index is -0.676. The molecule has 144 valence electrons. The molecule has 0 saturated heterocycles. The number of benzene rings is 2. The predicted octanol–water partition coefficient (Wildman–Crippen LogP) is 3.10. The molecule has 2 heterocycles. The van der Waals surface area contributed by atoms with Crippen LogP contribution in [0.25, 0.3) is 10.9 Å². The summed E-state index contributed by atoms with van der Waals surface area (Å²) in [6.07, 6.45) is 1.22. The van der Waals surface area contributed by atoms with Gasteiger partial charge in [0.25, 0.3) is 5.56 Å². The quantitative estimate of drug-likeness (QED) is 0.732. The molecule has 1 aromatic heterocycles. The molecular formula is C22H23N3O3. The van der Waals surface area contributed by atoms with Crippen molar-refractivity contribution >= 4 is 16.8 Å². The molecule has 4 rings (SSSR count). The van der Waals surface area contributed by atoms with Crippen LogP contribution in [-0.2, 0) is 11.2 Å². The lowest BCUT2D eigenvalue weighted by Crippen LogP contribution is -2.50. The van der Waals surface area contributed by atoms with Crippen LogP contribution in [0.4, 0.5) is 0 Å². The van der Waals surface area contributed by atoms with Crippen LogP contribution in [0.5, 0.6) is 5.75 Å². The van der Waals surface area contributed by atoms with Crippen LogP contribution in [-0.4, -0.2) is 20.6 Å². The zero-order valence-electron chi connectivity index (χ0n) is 15.9. The van der Waals surface area contributed by atoms with Gasteiger partial charge in [-0.1, -0.05) is 56.7 Å². The molecule has 1 aliphatic heterocycles. The Labute approximate surface area is 162 Å². The number of phenols is 1. The Kier molecular flexibility index (Phi) is 4.63. The van der Waals surface area contributed by atoms with E-state index in [9.17, 15) is 14.7 Å². The summed E-state index contributed by atoms with van der Waals surface area (Å²) < 4.78 is 1.53. The number of nitrogens with one attached hydrogen (secondary N) is 1. The van der Waals surface area contributed by atoms with Crippen molar-refractivity contribution in [3.63, 3.8) is 0 Å². The third kappa shape index (κ3) is 2.95. The lowest BCUT2D eigenvalue weighted by Gasteiger charge is -2.35. The second kappa shape index (κ2) is 7.11. The van der Waals surface area contributed by atoms with Gasteiger partial charge < -0.3 is 10.4 Å². The maximum Gasteiger partial charge on any atom is 0.262 e. The summed E-state index contributed by atoms with van der Waals surface area (Å²) in [5, 5.41) is 13.6. The number of fused-ring (bicyclic) bond motifs is 2. The van der Waals surface area contributed by atoms with Crippen molar-refractivity contribution in [3.05, 3.63) is 70.3 Å². The molecule has 0 fully saturated rings. The van der Waals surface area contributed by atoms with E-state index in [1.807, 2.05) is 44.2 Å². The Bertz CT molecular complexity index is 1090. The van der Waals surface area contributed by atoms with Crippen LogP contribution >= 0.6 is 0 Å². The Hall–Kier alpha value is -3.15. The van der Waals surface area contributed by atoms with Crippen LogP contribution in [0.1, 0.15) is 43.7 Å². The van der Waals surface area contributed by atoms with Gasteiger partial charge in [-0.25, -0.2) is 4.98 Å². The van der Waals surface area contributed by atoms with E-state index >= 15 is 0 Å². The van der Waals surface area contributed by atoms with Gasteiger partial charge in [0.2, 0.25) is 5.91 Å². The number of hydrogen-bond donors (Lipinski definition) is 2. The largest absolute Gasteiger partial charge is 0.506 e. The Balaban J connectivity index is 1.95. The average molecular weight is 377 g/mol. The lowest BCUT2D eigenvalue weighted by atomic mass is 9.93. The fraction of sp³-hybridized carbons (Fsp3) is 0.318. The number of carbonyl (C=O) groups excluding carboxylic acids is 1. The number of phenolic OH excluding ortho intramolecular Hbond substituents is 1. The van der Waals surface area contributed by atoms with E-state index in [0.29, 0.717) is 17.6 Å². The number of amides is 1. The van der Waals surface area contributed by atoms with Crippen LogP contribution < -0.4 is 10.9 Å². The molecule has 3 atom stereocenters. The van der Waals surface area contributed by atoms with Gasteiger partial charge in [0.05, 0.1) is 11.4 Å². The Morgan fingerprint density at radius 3 is 2.61 bits per heavy atom. The number of aromatic nitrogens is 2. The maximum atomic E-state index is 13.4. The maximum absolute atomic E-state index is 13.4. The minimum Gasteiger partial charge on any atom is -0.506 e. The topological polar surface area (TPSA) is 84.2 Å². The van der Waals surface area contributed by atoms with Gasteiger partial charge in [-0.2, -0.15) is 0 Å². The smallest absolute Gasteiger partial charge is 0.262 e. The zero-order chi connectivity index (χ0) is 19.8. The zero-order valence-corrected chi connectivity index (χ0v) is 15.9. The average Bonchev–Trinajstić information content (AvgIpc) is 2.71. The highest BCUT2D eigenvalue weighted by Gasteiger charge is 2.37. The molecule has 3 aromatic rings. The van der Waals surface area contributed by atoms with Gasteiger partial charge in [0.1, 0.15) is 23.1 Å². The van der Waals surface area contributed by atoms with Gasteiger partial charge in [-0.15, -0.1) is 0 Å². The molecule has 6 nitrogen and oxygen atoms in total. The van der Waals surface area contributed by atoms with Gasteiger partial charge >= 0.3 is 0 Å². The highest BCUT2D eigenvalue weighted by atomic mass is 16.3. The second-order valence-electron chi connectivity index (χ2n) is 7.40. The summed E-state index contributed by atoms with van der Waals surface area (Å²) in [4.78, 5) is 31.0. The van der Waals surface area contributed by atoms with E-state index in [4.69, 9.17) is 0 Å². The number of nitrogens with zero attached hydrogens (tertiary/aromatic N) is 2. The molecule has 28 heavy (non-hydrogen) atoms. The normalized spacial score (nSPS) is 19.9. The van der Waals surface area contributed by atoms with E-state index in [0.717, 1.165) is 12.0 Å². The van der Waals surface area contributed by atoms with E-state index in [1.165, 1.54) is 10.6 Å². The van der Waals surface area contributed by atoms with Crippen LogP contribution in [0.3, 0.4) is 0 Å². The molecule has 1 aliphatic rings.